The molecule has 0 unspecified atom stereocenters. The van der Waals surface area contributed by atoms with Gasteiger partial charge in [-0.25, -0.2) is 0 Å². The van der Waals surface area contributed by atoms with Gasteiger partial charge in [0.15, 0.2) is 4.77 Å². The van der Waals surface area contributed by atoms with Crippen molar-refractivity contribution >= 4 is 50.9 Å². The Balaban J connectivity index is 1.46. The normalized spacial score (nSPS) is 13.7. The molecule has 1 aliphatic heterocycles. The Hall–Kier alpha value is -2.78. The van der Waals surface area contributed by atoms with Crippen LogP contribution in [0, 0.1) is 4.77 Å². The molecule has 0 radical (unpaired) electrons. The Morgan fingerprint density at radius 3 is 2.78 bits per heavy atom. The minimum absolute atomic E-state index is 0.187. The lowest BCUT2D eigenvalue weighted by atomic mass is 10.1. The Morgan fingerprint density at radius 2 is 2.03 bits per heavy atom. The maximum atomic E-state index is 13.0. The van der Waals surface area contributed by atoms with Crippen LogP contribution < -0.4 is 10.9 Å². The van der Waals surface area contributed by atoms with Gasteiger partial charge in [-0.2, -0.15) is 0 Å². The molecule has 4 rings (SSSR count). The average Bonchev–Trinajstić information content (AvgIpc) is 3.18. The Labute approximate surface area is 198 Å². The fourth-order valence-corrected chi connectivity index (χ4v) is 4.58. The first-order chi connectivity index (χ1) is 15.4. The molecule has 0 saturated carbocycles. The predicted molar refractivity (Wildman–Crippen MR) is 129 cm³/mol. The summed E-state index contributed by atoms with van der Waals surface area (Å²) < 4.78 is 2.75. The van der Waals surface area contributed by atoms with Crippen molar-refractivity contribution in [2.24, 2.45) is 0 Å². The van der Waals surface area contributed by atoms with Gasteiger partial charge in [-0.15, -0.1) is 0 Å². The molecule has 2 heterocycles. The van der Waals surface area contributed by atoms with Gasteiger partial charge in [0.25, 0.3) is 11.5 Å². The predicted octanol–water partition coefficient (Wildman–Crippen LogP) is 3.61. The minimum Gasteiger partial charge on any atom is -0.352 e. The van der Waals surface area contributed by atoms with E-state index in [1.165, 1.54) is 4.57 Å². The maximum absolute atomic E-state index is 13.0. The van der Waals surface area contributed by atoms with E-state index < -0.39 is 0 Å². The van der Waals surface area contributed by atoms with Gasteiger partial charge in [-0.3, -0.25) is 19.0 Å². The molecule has 1 fully saturated rings. The summed E-state index contributed by atoms with van der Waals surface area (Å²) in [6, 6.07) is 12.6. The number of hydrogen-bond acceptors (Lipinski definition) is 4. The van der Waals surface area contributed by atoms with Crippen LogP contribution in [0.1, 0.15) is 35.2 Å². The fourth-order valence-electron chi connectivity index (χ4n) is 3.87. The fraction of sp³-hybridized carbons (Fsp3) is 0.304. The smallest absolute Gasteiger partial charge is 0.262 e. The number of benzene rings is 2. The molecule has 1 saturated heterocycles. The molecule has 0 aliphatic carbocycles. The van der Waals surface area contributed by atoms with Crippen molar-refractivity contribution in [2.45, 2.75) is 25.8 Å². The van der Waals surface area contributed by atoms with Gasteiger partial charge in [0, 0.05) is 36.1 Å². The first-order valence-electron chi connectivity index (χ1n) is 10.5. The summed E-state index contributed by atoms with van der Waals surface area (Å²) in [5, 5.41) is 3.35. The molecular weight excluding hydrogens is 492 g/mol. The highest BCUT2D eigenvalue weighted by Crippen LogP contribution is 2.15. The van der Waals surface area contributed by atoms with Crippen LogP contribution in [-0.4, -0.2) is 45.9 Å². The topological polar surface area (TPSA) is 87.2 Å². The van der Waals surface area contributed by atoms with Crippen molar-refractivity contribution in [3.05, 3.63) is 73.2 Å². The van der Waals surface area contributed by atoms with Gasteiger partial charge in [0.05, 0.1) is 17.4 Å². The maximum Gasteiger partial charge on any atom is 0.262 e. The number of amides is 2. The monoisotopic (exact) mass is 514 g/mol. The molecule has 3 aromatic rings. The Morgan fingerprint density at radius 1 is 1.19 bits per heavy atom. The minimum atomic E-state index is -0.225. The zero-order valence-corrected chi connectivity index (χ0v) is 19.8. The third-order valence-electron chi connectivity index (χ3n) is 5.54. The molecule has 2 N–H and O–H groups in total. The average molecular weight is 515 g/mol. The molecule has 1 aliphatic rings. The van der Waals surface area contributed by atoms with E-state index in [0.717, 1.165) is 23.0 Å². The first-order valence-corrected chi connectivity index (χ1v) is 11.7. The van der Waals surface area contributed by atoms with E-state index in [1.54, 1.807) is 18.2 Å². The summed E-state index contributed by atoms with van der Waals surface area (Å²) in [6.45, 7) is 2.29. The molecule has 2 amide bonds. The standard InChI is InChI=1S/C23H23BrN4O3S/c24-17-5-1-4-15(12-17)14-28-22(31)18-8-7-16(13-19(18)26-23(28)32)21(30)25-9-3-11-27-10-2-6-20(27)29/h1,4-5,7-8,12-13H,2-3,6,9-11,14H2,(H,25,30)(H,26,32). The molecular formula is C23H23BrN4O3S. The second-order valence-corrected chi connectivity index (χ2v) is 9.11. The largest absolute Gasteiger partial charge is 0.352 e. The number of H-pyrrole nitrogens is 1. The summed E-state index contributed by atoms with van der Waals surface area (Å²) in [4.78, 5) is 42.1. The SMILES string of the molecule is O=C(NCCCN1CCCC1=O)c1ccc2c(=O)n(Cc3cccc(Br)c3)c(=S)[nH]c2c1. The van der Waals surface area contributed by atoms with Crippen LogP contribution in [0.25, 0.3) is 10.9 Å². The van der Waals surface area contributed by atoms with Crippen molar-refractivity contribution < 1.29 is 9.59 Å². The van der Waals surface area contributed by atoms with Crippen LogP contribution >= 0.6 is 28.1 Å². The molecule has 0 atom stereocenters. The highest BCUT2D eigenvalue weighted by Gasteiger charge is 2.19. The van der Waals surface area contributed by atoms with Crippen molar-refractivity contribution in [3.63, 3.8) is 0 Å². The summed E-state index contributed by atoms with van der Waals surface area (Å²) in [6.07, 6.45) is 2.23. The van der Waals surface area contributed by atoms with Crippen molar-refractivity contribution in [2.75, 3.05) is 19.6 Å². The second kappa shape index (κ2) is 9.79. The first kappa shape index (κ1) is 22.4. The number of aromatic amines is 1. The summed E-state index contributed by atoms with van der Waals surface area (Å²) >= 11 is 8.86. The van der Waals surface area contributed by atoms with Gasteiger partial charge in [-0.1, -0.05) is 28.1 Å². The summed E-state index contributed by atoms with van der Waals surface area (Å²) in [7, 11) is 0. The van der Waals surface area contributed by atoms with E-state index in [0.29, 0.717) is 53.7 Å². The summed E-state index contributed by atoms with van der Waals surface area (Å²) in [5.41, 5.74) is 1.73. The van der Waals surface area contributed by atoms with Gasteiger partial charge < -0.3 is 15.2 Å². The number of likely N-dealkylation sites (tertiary alicyclic amines) is 1. The molecule has 166 valence electrons. The van der Waals surface area contributed by atoms with Crippen LogP contribution in [0.2, 0.25) is 0 Å². The molecule has 2 aromatic carbocycles. The number of fused-ring (bicyclic) bond motifs is 1. The van der Waals surface area contributed by atoms with E-state index in [1.807, 2.05) is 29.2 Å². The molecule has 9 heteroatoms. The van der Waals surface area contributed by atoms with Crippen LogP contribution in [0.15, 0.2) is 51.7 Å². The molecule has 7 nitrogen and oxygen atoms in total. The third-order valence-corrected chi connectivity index (χ3v) is 6.35. The number of nitrogens with one attached hydrogen (secondary N) is 2. The van der Waals surface area contributed by atoms with E-state index in [-0.39, 0.29) is 17.4 Å². The number of aromatic nitrogens is 2. The second-order valence-electron chi connectivity index (χ2n) is 7.81. The van der Waals surface area contributed by atoms with Gasteiger partial charge in [-0.05, 0) is 61.0 Å². The zero-order chi connectivity index (χ0) is 22.7. The number of nitrogens with zero attached hydrogens (tertiary/aromatic N) is 2. The number of carbonyl (C=O) groups is 2. The number of hydrogen-bond donors (Lipinski definition) is 2. The van der Waals surface area contributed by atoms with E-state index in [9.17, 15) is 14.4 Å². The Bertz CT molecular complexity index is 1300. The van der Waals surface area contributed by atoms with Crippen molar-refractivity contribution in [1.29, 1.82) is 0 Å². The number of carbonyl (C=O) groups excluding carboxylic acids is 2. The highest BCUT2D eigenvalue weighted by atomic mass is 79.9. The van der Waals surface area contributed by atoms with E-state index >= 15 is 0 Å². The quantitative estimate of drug-likeness (QED) is 0.372. The van der Waals surface area contributed by atoms with Crippen LogP contribution in [0.5, 0.6) is 0 Å². The molecule has 32 heavy (non-hydrogen) atoms. The number of halogens is 1. The highest BCUT2D eigenvalue weighted by molar-refractivity contribution is 9.10. The van der Waals surface area contributed by atoms with Crippen LogP contribution in [0.3, 0.4) is 0 Å². The van der Waals surface area contributed by atoms with Crippen molar-refractivity contribution in [3.8, 4) is 0 Å². The molecule has 1 aromatic heterocycles. The zero-order valence-electron chi connectivity index (χ0n) is 17.4. The Kier molecular flexibility index (Phi) is 6.86. The molecule has 0 spiro atoms. The van der Waals surface area contributed by atoms with E-state index in [2.05, 4.69) is 26.2 Å². The van der Waals surface area contributed by atoms with Gasteiger partial charge in [0.2, 0.25) is 5.91 Å². The lowest BCUT2D eigenvalue weighted by Crippen LogP contribution is -2.30. The van der Waals surface area contributed by atoms with E-state index in [4.69, 9.17) is 12.2 Å². The van der Waals surface area contributed by atoms with Gasteiger partial charge in [0.1, 0.15) is 0 Å². The van der Waals surface area contributed by atoms with Crippen LogP contribution in [0.4, 0.5) is 0 Å². The third kappa shape index (κ3) is 4.99. The van der Waals surface area contributed by atoms with Gasteiger partial charge >= 0.3 is 0 Å². The lowest BCUT2D eigenvalue weighted by molar-refractivity contribution is -0.127. The molecule has 0 bridgehead atoms. The summed E-state index contributed by atoms with van der Waals surface area (Å²) in [5.74, 6) is -0.0380. The van der Waals surface area contributed by atoms with Crippen LogP contribution in [-0.2, 0) is 11.3 Å². The number of rotatable bonds is 7. The van der Waals surface area contributed by atoms with Crippen molar-refractivity contribution in [1.82, 2.24) is 19.8 Å². The lowest BCUT2D eigenvalue weighted by Gasteiger charge is -2.15.